The van der Waals surface area contributed by atoms with Gasteiger partial charge in [0.1, 0.15) is 5.75 Å². The molecule has 1 fully saturated rings. The van der Waals surface area contributed by atoms with Crippen LogP contribution in [-0.4, -0.2) is 52.4 Å². The number of methoxy groups -OCH3 is 2. The number of carbonyl (C=O) groups excluding carboxylic acids is 2. The van der Waals surface area contributed by atoms with Crippen molar-refractivity contribution in [1.29, 1.82) is 0 Å². The second-order valence-corrected chi connectivity index (χ2v) is 8.02. The topological polar surface area (TPSA) is 77.1 Å². The third-order valence-electron chi connectivity index (χ3n) is 4.47. The van der Waals surface area contributed by atoms with Crippen molar-refractivity contribution >= 4 is 55.1 Å². The van der Waals surface area contributed by atoms with Gasteiger partial charge in [0.15, 0.2) is 0 Å². The van der Waals surface area contributed by atoms with Gasteiger partial charge in [0, 0.05) is 17.6 Å². The number of amides is 1. The summed E-state index contributed by atoms with van der Waals surface area (Å²) in [4.78, 5) is 27.2. The third kappa shape index (κ3) is 4.91. The molecular weight excluding hydrogens is 508 g/mol. The van der Waals surface area contributed by atoms with E-state index < -0.39 is 5.97 Å². The van der Waals surface area contributed by atoms with Crippen molar-refractivity contribution < 1.29 is 23.8 Å². The average Bonchev–Trinajstić information content (AvgIpc) is 2.73. The van der Waals surface area contributed by atoms with Crippen molar-refractivity contribution in [1.82, 2.24) is 0 Å². The van der Waals surface area contributed by atoms with E-state index in [-0.39, 0.29) is 5.91 Å². The lowest BCUT2D eigenvalue weighted by Crippen LogP contribution is -2.36. The Balaban J connectivity index is 2.00. The molecule has 3 rings (SSSR count). The number of nitrogens with one attached hydrogen (secondary N) is 1. The molecule has 29 heavy (non-hydrogen) atoms. The van der Waals surface area contributed by atoms with Gasteiger partial charge < -0.3 is 24.4 Å². The molecule has 7 nitrogen and oxygen atoms in total. The lowest BCUT2D eigenvalue weighted by atomic mass is 10.1. The summed E-state index contributed by atoms with van der Waals surface area (Å²) in [6, 6.07) is 8.59. The molecule has 154 valence electrons. The Labute approximate surface area is 185 Å². The standard InChI is InChI=1S/C20H20Br2N2O5/c1-27-18-14(10-13(21)11-15(18)22)19(25)23-16-9-12(20(26)28-2)3-4-17(16)24-5-7-29-8-6-24/h3-4,9-11H,5-8H2,1-2H3,(H,23,25). The summed E-state index contributed by atoms with van der Waals surface area (Å²) >= 11 is 6.81. The molecular formula is C20H20Br2N2O5. The van der Waals surface area contributed by atoms with Gasteiger partial charge in [0.25, 0.3) is 5.91 Å². The summed E-state index contributed by atoms with van der Waals surface area (Å²) in [5.41, 5.74) is 2.02. The predicted octanol–water partition coefficient (Wildman–Crippen LogP) is 4.10. The predicted molar refractivity (Wildman–Crippen MR) is 117 cm³/mol. The number of nitrogens with zero attached hydrogens (tertiary/aromatic N) is 1. The van der Waals surface area contributed by atoms with Crippen LogP contribution >= 0.6 is 31.9 Å². The van der Waals surface area contributed by atoms with Crippen LogP contribution in [0, 0.1) is 0 Å². The molecule has 2 aromatic carbocycles. The molecule has 1 N–H and O–H groups in total. The molecule has 0 saturated carbocycles. The summed E-state index contributed by atoms with van der Waals surface area (Å²) in [7, 11) is 2.82. The molecule has 2 aromatic rings. The van der Waals surface area contributed by atoms with Gasteiger partial charge >= 0.3 is 5.97 Å². The number of anilines is 2. The van der Waals surface area contributed by atoms with Crippen LogP contribution in [0.25, 0.3) is 0 Å². The van der Waals surface area contributed by atoms with Crippen LogP contribution in [-0.2, 0) is 9.47 Å². The van der Waals surface area contributed by atoms with Gasteiger partial charge in [-0.3, -0.25) is 4.79 Å². The summed E-state index contributed by atoms with van der Waals surface area (Å²) in [6.45, 7) is 2.56. The van der Waals surface area contributed by atoms with Crippen molar-refractivity contribution in [3.05, 3.63) is 50.4 Å². The van der Waals surface area contributed by atoms with Crippen LogP contribution in [0.2, 0.25) is 0 Å². The quantitative estimate of drug-likeness (QED) is 0.590. The number of carbonyl (C=O) groups is 2. The fourth-order valence-corrected chi connectivity index (χ4v) is 4.47. The summed E-state index contributed by atoms with van der Waals surface area (Å²) in [6.07, 6.45) is 0. The maximum atomic E-state index is 13.1. The van der Waals surface area contributed by atoms with Crippen molar-refractivity contribution in [3.63, 3.8) is 0 Å². The molecule has 0 aromatic heterocycles. The van der Waals surface area contributed by atoms with E-state index in [2.05, 4.69) is 42.1 Å². The molecule has 0 unspecified atom stereocenters. The Morgan fingerprint density at radius 1 is 1.10 bits per heavy atom. The monoisotopic (exact) mass is 526 g/mol. The van der Waals surface area contributed by atoms with Crippen LogP contribution < -0.4 is 15.0 Å². The fourth-order valence-electron chi connectivity index (χ4n) is 3.09. The van der Waals surface area contributed by atoms with Crippen LogP contribution in [0.4, 0.5) is 11.4 Å². The van der Waals surface area contributed by atoms with E-state index in [9.17, 15) is 9.59 Å². The normalized spacial score (nSPS) is 13.7. The molecule has 1 saturated heterocycles. The highest BCUT2D eigenvalue weighted by atomic mass is 79.9. The lowest BCUT2D eigenvalue weighted by Gasteiger charge is -2.30. The number of halogens is 2. The van der Waals surface area contributed by atoms with Crippen molar-refractivity contribution in [3.8, 4) is 5.75 Å². The number of rotatable bonds is 5. The second-order valence-electron chi connectivity index (χ2n) is 6.25. The van der Waals surface area contributed by atoms with E-state index in [1.165, 1.54) is 14.2 Å². The van der Waals surface area contributed by atoms with Crippen molar-refractivity contribution in [2.75, 3.05) is 50.7 Å². The van der Waals surface area contributed by atoms with Crippen LogP contribution in [0.3, 0.4) is 0 Å². The number of hydrogen-bond donors (Lipinski definition) is 1. The molecule has 0 radical (unpaired) electrons. The number of hydrogen-bond acceptors (Lipinski definition) is 6. The molecule has 1 heterocycles. The first-order chi connectivity index (χ1) is 13.9. The minimum Gasteiger partial charge on any atom is -0.495 e. The Bertz CT molecular complexity index is 929. The summed E-state index contributed by atoms with van der Waals surface area (Å²) in [5, 5.41) is 2.92. The van der Waals surface area contributed by atoms with Gasteiger partial charge in [-0.15, -0.1) is 0 Å². The number of esters is 1. The maximum absolute atomic E-state index is 13.1. The zero-order valence-electron chi connectivity index (χ0n) is 16.0. The lowest BCUT2D eigenvalue weighted by molar-refractivity contribution is 0.0600. The molecule has 1 amide bonds. The first kappa shape index (κ1) is 21.6. The Kier molecular flexibility index (Phi) is 7.15. The fraction of sp³-hybridized carbons (Fsp3) is 0.300. The largest absolute Gasteiger partial charge is 0.495 e. The smallest absolute Gasteiger partial charge is 0.337 e. The first-order valence-electron chi connectivity index (χ1n) is 8.84. The van der Waals surface area contributed by atoms with Gasteiger partial charge in [0.05, 0.1) is 54.4 Å². The van der Waals surface area contributed by atoms with Gasteiger partial charge in [-0.2, -0.15) is 0 Å². The third-order valence-corrected chi connectivity index (χ3v) is 5.52. The van der Waals surface area contributed by atoms with Gasteiger partial charge in [-0.25, -0.2) is 4.79 Å². The molecule has 0 aliphatic carbocycles. The summed E-state index contributed by atoms with van der Waals surface area (Å²) < 4.78 is 17.0. The molecule has 1 aliphatic heterocycles. The minimum atomic E-state index is -0.475. The van der Waals surface area contributed by atoms with Crippen molar-refractivity contribution in [2.45, 2.75) is 0 Å². The van der Waals surface area contributed by atoms with E-state index in [0.717, 1.165) is 10.2 Å². The molecule has 0 spiro atoms. The average molecular weight is 528 g/mol. The van der Waals surface area contributed by atoms with Crippen LogP contribution in [0.5, 0.6) is 5.75 Å². The number of morpholine rings is 1. The zero-order chi connectivity index (χ0) is 21.0. The maximum Gasteiger partial charge on any atom is 0.337 e. The molecule has 0 bridgehead atoms. The van der Waals surface area contributed by atoms with E-state index in [0.29, 0.717) is 53.3 Å². The van der Waals surface area contributed by atoms with Gasteiger partial charge in [-0.1, -0.05) is 15.9 Å². The highest BCUT2D eigenvalue weighted by molar-refractivity contribution is 9.11. The van der Waals surface area contributed by atoms with E-state index in [1.54, 1.807) is 30.3 Å². The highest BCUT2D eigenvalue weighted by Crippen LogP contribution is 2.34. The Morgan fingerprint density at radius 3 is 2.48 bits per heavy atom. The van der Waals surface area contributed by atoms with Gasteiger partial charge in [0.2, 0.25) is 0 Å². The second kappa shape index (κ2) is 9.60. The molecule has 1 aliphatic rings. The van der Waals surface area contributed by atoms with Crippen LogP contribution in [0.15, 0.2) is 39.3 Å². The highest BCUT2D eigenvalue weighted by Gasteiger charge is 2.21. The first-order valence-corrected chi connectivity index (χ1v) is 10.4. The molecule has 0 atom stereocenters. The van der Waals surface area contributed by atoms with E-state index >= 15 is 0 Å². The SMILES string of the molecule is COC(=O)c1ccc(N2CCOCC2)c(NC(=O)c2cc(Br)cc(Br)c2OC)c1. The van der Waals surface area contributed by atoms with E-state index in [4.69, 9.17) is 14.2 Å². The molecule has 9 heteroatoms. The van der Waals surface area contributed by atoms with Crippen LogP contribution in [0.1, 0.15) is 20.7 Å². The number of ether oxygens (including phenoxy) is 3. The Hall–Kier alpha value is -2.10. The summed E-state index contributed by atoms with van der Waals surface area (Å²) in [5.74, 6) is -0.417. The van der Waals surface area contributed by atoms with E-state index in [1.807, 2.05) is 0 Å². The van der Waals surface area contributed by atoms with Gasteiger partial charge in [-0.05, 0) is 46.3 Å². The zero-order valence-corrected chi connectivity index (χ0v) is 19.1. The minimum absolute atomic E-state index is 0.349. The number of benzene rings is 2. The Morgan fingerprint density at radius 2 is 1.83 bits per heavy atom. The van der Waals surface area contributed by atoms with Crippen molar-refractivity contribution in [2.24, 2.45) is 0 Å².